The summed E-state index contributed by atoms with van der Waals surface area (Å²) in [5.41, 5.74) is 8.08. The highest BCUT2D eigenvalue weighted by Gasteiger charge is 2.00. The molecule has 0 amide bonds. The largest absolute Gasteiger partial charge is 0.424 e. The molecule has 0 radical (unpaired) electrons. The molecule has 0 bridgehead atoms. The first-order chi connectivity index (χ1) is 6.25. The quantitative estimate of drug-likeness (QED) is 0.674. The summed E-state index contributed by atoms with van der Waals surface area (Å²) in [4.78, 5) is 3.97. The molecule has 0 spiro atoms. The van der Waals surface area contributed by atoms with Gasteiger partial charge in [-0.05, 0) is 24.6 Å². The number of hydrogen-bond donors (Lipinski definition) is 1. The molecular weight excluding hydrogens is 164 g/mol. The molecule has 0 aliphatic heterocycles. The molecule has 0 fully saturated rings. The lowest BCUT2D eigenvalue weighted by atomic mass is 10.2. The maximum absolute atomic E-state index is 5.36. The zero-order valence-corrected chi connectivity index (χ0v) is 8.16. The summed E-state index contributed by atoms with van der Waals surface area (Å²) < 4.78 is 5.12. The first kappa shape index (κ1) is 9.58. The standard InChI is InChI=1S/C8H8N2O.C2H6/c1-5-2-3-6-7(4-5)11-8(9)10-6;1-2/h2-4H,1H3,(H2,9,10);1-2H3. The predicted molar refractivity (Wildman–Crippen MR) is 54.5 cm³/mol. The highest BCUT2D eigenvalue weighted by Crippen LogP contribution is 2.17. The number of nitrogens with two attached hydrogens (primary N) is 1. The van der Waals surface area contributed by atoms with E-state index < -0.39 is 0 Å². The van der Waals surface area contributed by atoms with E-state index in [-0.39, 0.29) is 6.01 Å². The second-order valence-electron chi connectivity index (χ2n) is 2.52. The smallest absolute Gasteiger partial charge is 0.292 e. The number of nitrogen functional groups attached to an aromatic ring is 1. The Bertz CT molecular complexity index is 393. The summed E-state index contributed by atoms with van der Waals surface area (Å²) in [6.45, 7) is 6.00. The van der Waals surface area contributed by atoms with Crippen molar-refractivity contribution in [3.05, 3.63) is 23.8 Å². The lowest BCUT2D eigenvalue weighted by Crippen LogP contribution is -1.80. The van der Waals surface area contributed by atoms with Gasteiger partial charge in [0.15, 0.2) is 5.58 Å². The number of fused-ring (bicyclic) bond motifs is 1. The van der Waals surface area contributed by atoms with E-state index in [2.05, 4.69) is 4.98 Å². The summed E-state index contributed by atoms with van der Waals surface area (Å²) in [6.07, 6.45) is 0. The molecule has 3 heteroatoms. The van der Waals surface area contributed by atoms with Crippen molar-refractivity contribution in [2.45, 2.75) is 20.8 Å². The molecule has 2 N–H and O–H groups in total. The van der Waals surface area contributed by atoms with E-state index in [0.717, 1.165) is 16.7 Å². The number of aryl methyl sites for hydroxylation is 1. The maximum atomic E-state index is 5.36. The van der Waals surface area contributed by atoms with Gasteiger partial charge in [0.1, 0.15) is 5.52 Å². The van der Waals surface area contributed by atoms with Crippen LogP contribution in [0, 0.1) is 6.92 Å². The Morgan fingerprint density at radius 1 is 1.31 bits per heavy atom. The third-order valence-corrected chi connectivity index (χ3v) is 1.56. The van der Waals surface area contributed by atoms with Crippen LogP contribution in [-0.2, 0) is 0 Å². The Labute approximate surface area is 77.6 Å². The average Bonchev–Trinajstić information content (AvgIpc) is 2.48. The van der Waals surface area contributed by atoms with Gasteiger partial charge < -0.3 is 10.2 Å². The molecule has 0 aliphatic rings. The van der Waals surface area contributed by atoms with Crippen molar-refractivity contribution in [3.63, 3.8) is 0 Å². The molecule has 70 valence electrons. The minimum atomic E-state index is 0.227. The van der Waals surface area contributed by atoms with Crippen LogP contribution in [0.2, 0.25) is 0 Å². The number of nitrogens with zero attached hydrogens (tertiary/aromatic N) is 1. The van der Waals surface area contributed by atoms with Crippen molar-refractivity contribution in [1.29, 1.82) is 0 Å². The molecule has 1 aromatic heterocycles. The fourth-order valence-electron chi connectivity index (χ4n) is 1.05. The van der Waals surface area contributed by atoms with Crippen molar-refractivity contribution in [2.24, 2.45) is 0 Å². The van der Waals surface area contributed by atoms with Gasteiger partial charge in [-0.15, -0.1) is 0 Å². The van der Waals surface area contributed by atoms with Crippen molar-refractivity contribution < 1.29 is 4.42 Å². The van der Waals surface area contributed by atoms with Gasteiger partial charge in [0.05, 0.1) is 0 Å². The minimum Gasteiger partial charge on any atom is -0.424 e. The zero-order chi connectivity index (χ0) is 9.84. The molecule has 1 heterocycles. The second-order valence-corrected chi connectivity index (χ2v) is 2.52. The number of aromatic nitrogens is 1. The molecule has 2 rings (SSSR count). The van der Waals surface area contributed by atoms with E-state index in [1.54, 1.807) is 0 Å². The van der Waals surface area contributed by atoms with Crippen LogP contribution in [0.3, 0.4) is 0 Å². The van der Waals surface area contributed by atoms with Crippen LogP contribution in [0.15, 0.2) is 22.6 Å². The topological polar surface area (TPSA) is 52.0 Å². The zero-order valence-electron chi connectivity index (χ0n) is 8.16. The number of oxazole rings is 1. The van der Waals surface area contributed by atoms with Gasteiger partial charge >= 0.3 is 0 Å². The first-order valence-electron chi connectivity index (χ1n) is 4.38. The summed E-state index contributed by atoms with van der Waals surface area (Å²) in [5, 5.41) is 0. The van der Waals surface area contributed by atoms with Gasteiger partial charge in [0, 0.05) is 0 Å². The van der Waals surface area contributed by atoms with Gasteiger partial charge in [-0.2, -0.15) is 4.98 Å². The fraction of sp³-hybridized carbons (Fsp3) is 0.300. The Morgan fingerprint density at radius 3 is 2.69 bits per heavy atom. The SMILES string of the molecule is CC.Cc1ccc2nc(N)oc2c1. The number of anilines is 1. The predicted octanol–water partition coefficient (Wildman–Crippen LogP) is 2.74. The fourth-order valence-corrected chi connectivity index (χ4v) is 1.05. The second kappa shape index (κ2) is 3.94. The van der Waals surface area contributed by atoms with Gasteiger partial charge in [-0.3, -0.25) is 0 Å². The Kier molecular flexibility index (Phi) is 2.90. The summed E-state index contributed by atoms with van der Waals surface area (Å²) in [6, 6.07) is 6.01. The number of rotatable bonds is 0. The van der Waals surface area contributed by atoms with Crippen LogP contribution >= 0.6 is 0 Å². The molecule has 2 aromatic rings. The van der Waals surface area contributed by atoms with E-state index in [1.165, 1.54) is 0 Å². The monoisotopic (exact) mass is 178 g/mol. The molecular formula is C10H14N2O. The molecule has 0 saturated carbocycles. The first-order valence-corrected chi connectivity index (χ1v) is 4.38. The van der Waals surface area contributed by atoms with E-state index in [9.17, 15) is 0 Å². The van der Waals surface area contributed by atoms with Crippen LogP contribution in [0.4, 0.5) is 6.01 Å². The summed E-state index contributed by atoms with van der Waals surface area (Å²) in [5.74, 6) is 0. The van der Waals surface area contributed by atoms with Crippen molar-refractivity contribution in [3.8, 4) is 0 Å². The van der Waals surface area contributed by atoms with E-state index in [0.29, 0.717) is 0 Å². The van der Waals surface area contributed by atoms with Crippen LogP contribution < -0.4 is 5.73 Å². The number of hydrogen-bond acceptors (Lipinski definition) is 3. The molecule has 0 unspecified atom stereocenters. The van der Waals surface area contributed by atoms with Crippen LogP contribution in [0.25, 0.3) is 11.1 Å². The Balaban J connectivity index is 0.000000396. The summed E-state index contributed by atoms with van der Waals surface area (Å²) in [7, 11) is 0. The lowest BCUT2D eigenvalue weighted by molar-refractivity contribution is 0.626. The van der Waals surface area contributed by atoms with Gasteiger partial charge in [-0.25, -0.2) is 0 Å². The molecule has 1 aromatic carbocycles. The van der Waals surface area contributed by atoms with Crippen molar-refractivity contribution in [2.75, 3.05) is 5.73 Å². The van der Waals surface area contributed by atoms with Crippen LogP contribution in [-0.4, -0.2) is 4.98 Å². The van der Waals surface area contributed by atoms with E-state index in [4.69, 9.17) is 10.2 Å². The molecule has 3 nitrogen and oxygen atoms in total. The number of benzene rings is 1. The molecule has 0 saturated heterocycles. The van der Waals surface area contributed by atoms with Crippen LogP contribution in [0.1, 0.15) is 19.4 Å². The highest BCUT2D eigenvalue weighted by molar-refractivity contribution is 5.74. The lowest BCUT2D eigenvalue weighted by Gasteiger charge is -1.87. The van der Waals surface area contributed by atoms with E-state index >= 15 is 0 Å². The summed E-state index contributed by atoms with van der Waals surface area (Å²) >= 11 is 0. The Morgan fingerprint density at radius 2 is 2.00 bits per heavy atom. The van der Waals surface area contributed by atoms with Crippen molar-refractivity contribution in [1.82, 2.24) is 4.98 Å². The van der Waals surface area contributed by atoms with Crippen LogP contribution in [0.5, 0.6) is 0 Å². The third-order valence-electron chi connectivity index (χ3n) is 1.56. The maximum Gasteiger partial charge on any atom is 0.292 e. The molecule has 0 atom stereocenters. The van der Waals surface area contributed by atoms with Gasteiger partial charge in [0.2, 0.25) is 0 Å². The van der Waals surface area contributed by atoms with Gasteiger partial charge in [0.25, 0.3) is 6.01 Å². The van der Waals surface area contributed by atoms with E-state index in [1.807, 2.05) is 39.0 Å². The van der Waals surface area contributed by atoms with Gasteiger partial charge in [-0.1, -0.05) is 19.9 Å². The van der Waals surface area contributed by atoms with Crippen molar-refractivity contribution >= 4 is 17.1 Å². The average molecular weight is 178 g/mol. The third kappa shape index (κ3) is 1.99. The molecule has 13 heavy (non-hydrogen) atoms. The normalized spacial score (nSPS) is 9.46. The highest BCUT2D eigenvalue weighted by atomic mass is 16.4. The molecule has 0 aliphatic carbocycles. The Hall–Kier alpha value is -1.51. The minimum absolute atomic E-state index is 0.227.